The van der Waals surface area contributed by atoms with Gasteiger partial charge in [0.05, 0.1) is 5.57 Å². The minimum atomic E-state index is -4.53. The van der Waals surface area contributed by atoms with Crippen LogP contribution >= 0.6 is 0 Å². The van der Waals surface area contributed by atoms with E-state index in [0.29, 0.717) is 43.2 Å². The first-order valence-corrected chi connectivity index (χ1v) is 7.96. The number of guanidine groups is 1. The Kier molecular flexibility index (Phi) is 3.57. The highest BCUT2D eigenvalue weighted by atomic mass is 19.4. The number of aliphatic imine (C=N–C) groups is 1. The number of nitrogens with one attached hydrogen (secondary N) is 2. The Morgan fingerprint density at radius 1 is 1.20 bits per heavy atom. The van der Waals surface area contributed by atoms with Gasteiger partial charge in [0.25, 0.3) is 0 Å². The van der Waals surface area contributed by atoms with Crippen LogP contribution in [0.25, 0.3) is 0 Å². The van der Waals surface area contributed by atoms with E-state index in [-0.39, 0.29) is 11.9 Å². The molecule has 2 aliphatic heterocycles. The van der Waals surface area contributed by atoms with Crippen LogP contribution in [0.1, 0.15) is 12.8 Å². The SMILES string of the molecule is NC1(C2CC2)N=C(Nc2ccc3c(c2)OCCO3)NC=C1C(F)(F)F. The molecule has 0 radical (unpaired) electrons. The molecule has 1 fully saturated rings. The third-order valence-corrected chi connectivity index (χ3v) is 4.39. The normalized spacial score (nSPS) is 25.6. The molecular formula is C16H17F3N4O2. The standard InChI is InChI=1S/C16H17F3N4O2/c17-16(18,19)13-8-21-14(23-15(13,20)9-1-2-9)22-10-3-4-11-12(7-10)25-6-5-24-11/h3-4,7-9H,1-2,5-6,20H2,(H2,21,22,23). The van der Waals surface area contributed by atoms with Crippen molar-refractivity contribution in [2.75, 3.05) is 18.5 Å². The predicted molar refractivity (Wildman–Crippen MR) is 85.4 cm³/mol. The summed E-state index contributed by atoms with van der Waals surface area (Å²) in [6, 6.07) is 5.17. The van der Waals surface area contributed by atoms with Crippen molar-refractivity contribution in [3.05, 3.63) is 30.0 Å². The molecule has 0 spiro atoms. The van der Waals surface area contributed by atoms with Crippen molar-refractivity contribution < 1.29 is 22.6 Å². The van der Waals surface area contributed by atoms with E-state index in [2.05, 4.69) is 15.6 Å². The fourth-order valence-electron chi connectivity index (χ4n) is 3.00. The number of benzene rings is 1. The lowest BCUT2D eigenvalue weighted by atomic mass is 9.94. The van der Waals surface area contributed by atoms with E-state index in [0.717, 1.165) is 6.20 Å². The van der Waals surface area contributed by atoms with Crippen molar-refractivity contribution in [3.8, 4) is 11.5 Å². The van der Waals surface area contributed by atoms with Crippen LogP contribution in [0.3, 0.4) is 0 Å². The Morgan fingerprint density at radius 2 is 1.92 bits per heavy atom. The minimum Gasteiger partial charge on any atom is -0.486 e. The Labute approximate surface area is 141 Å². The lowest BCUT2D eigenvalue weighted by Crippen LogP contribution is -2.52. The molecule has 9 heteroatoms. The zero-order valence-electron chi connectivity index (χ0n) is 13.2. The average molecular weight is 354 g/mol. The van der Waals surface area contributed by atoms with Crippen molar-refractivity contribution in [1.82, 2.24) is 5.32 Å². The van der Waals surface area contributed by atoms with E-state index in [1.54, 1.807) is 18.2 Å². The van der Waals surface area contributed by atoms with E-state index in [1.165, 1.54) is 0 Å². The van der Waals surface area contributed by atoms with Crippen molar-refractivity contribution >= 4 is 11.6 Å². The van der Waals surface area contributed by atoms with Crippen molar-refractivity contribution in [2.24, 2.45) is 16.6 Å². The zero-order valence-corrected chi connectivity index (χ0v) is 13.2. The van der Waals surface area contributed by atoms with E-state index < -0.39 is 17.4 Å². The van der Waals surface area contributed by atoms with Crippen molar-refractivity contribution in [2.45, 2.75) is 24.7 Å². The third kappa shape index (κ3) is 2.99. The molecule has 1 saturated carbocycles. The van der Waals surface area contributed by atoms with Gasteiger partial charge in [-0.25, -0.2) is 4.99 Å². The monoisotopic (exact) mass is 354 g/mol. The average Bonchev–Trinajstić information content (AvgIpc) is 3.39. The van der Waals surface area contributed by atoms with Crippen LogP contribution in [0.2, 0.25) is 0 Å². The molecule has 0 aromatic heterocycles. The zero-order chi connectivity index (χ0) is 17.7. The van der Waals surface area contributed by atoms with E-state index in [4.69, 9.17) is 15.2 Å². The first-order chi connectivity index (χ1) is 11.9. The summed E-state index contributed by atoms with van der Waals surface area (Å²) in [5, 5.41) is 5.50. The van der Waals surface area contributed by atoms with Gasteiger partial charge in [-0.1, -0.05) is 0 Å². The highest BCUT2D eigenvalue weighted by molar-refractivity contribution is 5.95. The van der Waals surface area contributed by atoms with Crippen LogP contribution in [-0.2, 0) is 0 Å². The Balaban J connectivity index is 1.58. The fraction of sp³-hybridized carbons (Fsp3) is 0.438. The van der Waals surface area contributed by atoms with Crippen molar-refractivity contribution in [1.29, 1.82) is 0 Å². The molecule has 1 unspecified atom stereocenters. The molecule has 2 heterocycles. The Bertz CT molecular complexity index is 758. The summed E-state index contributed by atoms with van der Waals surface area (Å²) in [5.41, 5.74) is 4.04. The van der Waals surface area contributed by atoms with Gasteiger partial charge in [0.2, 0.25) is 5.96 Å². The van der Waals surface area contributed by atoms with Crippen LogP contribution < -0.4 is 25.8 Å². The summed E-state index contributed by atoms with van der Waals surface area (Å²) in [5.74, 6) is 1.06. The van der Waals surface area contributed by atoms with E-state index >= 15 is 0 Å². The molecule has 1 atom stereocenters. The molecule has 0 amide bonds. The van der Waals surface area contributed by atoms with Gasteiger partial charge < -0.3 is 25.8 Å². The molecule has 4 rings (SSSR count). The van der Waals surface area contributed by atoms with Crippen LogP contribution in [0.4, 0.5) is 18.9 Å². The maximum Gasteiger partial charge on any atom is 0.417 e. The maximum absolute atomic E-state index is 13.3. The number of anilines is 1. The van der Waals surface area contributed by atoms with Crippen LogP contribution in [0.5, 0.6) is 11.5 Å². The topological polar surface area (TPSA) is 80.9 Å². The van der Waals surface area contributed by atoms with Gasteiger partial charge in [-0.05, 0) is 25.0 Å². The molecule has 0 bridgehead atoms. The summed E-state index contributed by atoms with van der Waals surface area (Å²) >= 11 is 0. The van der Waals surface area contributed by atoms with Gasteiger partial charge in [-0.15, -0.1) is 0 Å². The number of halogens is 3. The van der Waals surface area contributed by atoms with E-state index in [9.17, 15) is 13.2 Å². The summed E-state index contributed by atoms with van der Waals surface area (Å²) in [6.07, 6.45) is -2.38. The molecule has 0 saturated heterocycles. The van der Waals surface area contributed by atoms with Gasteiger partial charge in [0.1, 0.15) is 18.9 Å². The number of alkyl halides is 3. The fourth-order valence-corrected chi connectivity index (χ4v) is 3.00. The molecule has 25 heavy (non-hydrogen) atoms. The number of nitrogens with zero attached hydrogens (tertiary/aromatic N) is 1. The van der Waals surface area contributed by atoms with Gasteiger partial charge in [0, 0.05) is 23.9 Å². The second-order valence-corrected chi connectivity index (χ2v) is 6.24. The largest absolute Gasteiger partial charge is 0.486 e. The number of hydrogen-bond donors (Lipinski definition) is 3. The predicted octanol–water partition coefficient (Wildman–Crippen LogP) is 2.34. The smallest absolute Gasteiger partial charge is 0.417 e. The van der Waals surface area contributed by atoms with Gasteiger partial charge >= 0.3 is 6.18 Å². The quantitative estimate of drug-likeness (QED) is 0.760. The first kappa shape index (κ1) is 16.1. The molecule has 3 aliphatic rings. The van der Waals surface area contributed by atoms with Crippen LogP contribution in [-0.4, -0.2) is 31.0 Å². The maximum atomic E-state index is 13.3. The minimum absolute atomic E-state index is 0.166. The second kappa shape index (κ2) is 5.55. The molecular weight excluding hydrogens is 337 g/mol. The lowest BCUT2D eigenvalue weighted by Gasteiger charge is -2.33. The van der Waals surface area contributed by atoms with Gasteiger partial charge in [0.15, 0.2) is 11.5 Å². The second-order valence-electron chi connectivity index (χ2n) is 6.24. The summed E-state index contributed by atoms with van der Waals surface area (Å²) in [6.45, 7) is 0.928. The first-order valence-electron chi connectivity index (χ1n) is 7.96. The highest BCUT2D eigenvalue weighted by Gasteiger charge is 2.55. The number of nitrogens with two attached hydrogens (primary N) is 1. The summed E-state index contributed by atoms with van der Waals surface area (Å²) in [7, 11) is 0. The summed E-state index contributed by atoms with van der Waals surface area (Å²) in [4.78, 5) is 4.14. The molecule has 134 valence electrons. The third-order valence-electron chi connectivity index (χ3n) is 4.39. The summed E-state index contributed by atoms with van der Waals surface area (Å²) < 4.78 is 50.7. The number of ether oxygens (including phenoxy) is 2. The number of rotatable bonds is 2. The van der Waals surface area contributed by atoms with Crippen molar-refractivity contribution in [3.63, 3.8) is 0 Å². The molecule has 4 N–H and O–H groups in total. The number of hydrogen-bond acceptors (Lipinski definition) is 6. The lowest BCUT2D eigenvalue weighted by molar-refractivity contribution is -0.102. The van der Waals surface area contributed by atoms with Gasteiger partial charge in [-0.2, -0.15) is 13.2 Å². The highest BCUT2D eigenvalue weighted by Crippen LogP contribution is 2.48. The Morgan fingerprint density at radius 3 is 2.60 bits per heavy atom. The molecule has 1 aromatic carbocycles. The Hall–Kier alpha value is -2.42. The molecule has 1 aliphatic carbocycles. The molecule has 6 nitrogen and oxygen atoms in total. The number of fused-ring (bicyclic) bond motifs is 1. The van der Waals surface area contributed by atoms with Gasteiger partial charge in [-0.3, -0.25) is 0 Å². The van der Waals surface area contributed by atoms with Crippen LogP contribution in [0.15, 0.2) is 35.0 Å². The van der Waals surface area contributed by atoms with E-state index in [1.807, 2.05) is 0 Å². The van der Waals surface area contributed by atoms with Crippen LogP contribution in [0, 0.1) is 5.92 Å². The molecule has 1 aromatic rings.